The van der Waals surface area contributed by atoms with Gasteiger partial charge in [0.25, 0.3) is 0 Å². The summed E-state index contributed by atoms with van der Waals surface area (Å²) in [4.78, 5) is 0. The molecule has 1 fully saturated rings. The first-order valence-corrected chi connectivity index (χ1v) is 6.39. The fourth-order valence-corrected chi connectivity index (χ4v) is 3.41. The van der Waals surface area contributed by atoms with Gasteiger partial charge in [-0.3, -0.25) is 0 Å². The highest BCUT2D eigenvalue weighted by Gasteiger charge is 2.27. The number of nitrogens with one attached hydrogen (secondary N) is 1. The van der Waals surface area contributed by atoms with Crippen molar-refractivity contribution in [2.45, 2.75) is 19.4 Å². The Morgan fingerprint density at radius 1 is 1.57 bits per heavy atom. The molecule has 0 aliphatic carbocycles. The minimum atomic E-state index is 0.676. The lowest BCUT2D eigenvalue weighted by molar-refractivity contribution is 0.395. The van der Waals surface area contributed by atoms with E-state index in [-0.39, 0.29) is 0 Å². The zero-order chi connectivity index (χ0) is 9.80. The molecule has 2 rings (SSSR count). The topological polar surface area (TPSA) is 25.2 Å². The maximum Gasteiger partial charge on any atom is 0.104 e. The summed E-state index contributed by atoms with van der Waals surface area (Å²) in [5.74, 6) is 4.38. The standard InChI is InChI=1S/C11H17NOS/c1-2-12-11-8-14-7-9(11)6-10-4-3-5-13-10/h3-5,9,11-12H,2,6-8H2,1H3. The van der Waals surface area contributed by atoms with Gasteiger partial charge >= 0.3 is 0 Å². The molecule has 0 amide bonds. The zero-order valence-electron chi connectivity index (χ0n) is 8.53. The molecule has 1 aromatic rings. The maximum absolute atomic E-state index is 5.38. The highest BCUT2D eigenvalue weighted by atomic mass is 32.2. The molecule has 14 heavy (non-hydrogen) atoms. The molecular formula is C11H17NOS. The predicted octanol–water partition coefficient (Wildman–Crippen LogP) is 2.16. The van der Waals surface area contributed by atoms with Crippen LogP contribution in [0.1, 0.15) is 12.7 Å². The number of hydrogen-bond donors (Lipinski definition) is 1. The van der Waals surface area contributed by atoms with Gasteiger partial charge in [0, 0.05) is 18.2 Å². The minimum absolute atomic E-state index is 0.676. The Morgan fingerprint density at radius 2 is 2.50 bits per heavy atom. The molecule has 0 radical (unpaired) electrons. The van der Waals surface area contributed by atoms with Crippen molar-refractivity contribution in [3.63, 3.8) is 0 Å². The van der Waals surface area contributed by atoms with E-state index in [1.54, 1.807) is 6.26 Å². The monoisotopic (exact) mass is 211 g/mol. The van der Waals surface area contributed by atoms with Gasteiger partial charge in [0.2, 0.25) is 0 Å². The van der Waals surface area contributed by atoms with Crippen molar-refractivity contribution < 1.29 is 4.42 Å². The molecule has 3 heteroatoms. The molecule has 2 atom stereocenters. The molecule has 1 N–H and O–H groups in total. The van der Waals surface area contributed by atoms with Crippen molar-refractivity contribution in [1.82, 2.24) is 5.32 Å². The summed E-state index contributed by atoms with van der Waals surface area (Å²) in [5.41, 5.74) is 0. The molecule has 2 unspecified atom stereocenters. The van der Waals surface area contributed by atoms with Gasteiger partial charge < -0.3 is 9.73 Å². The van der Waals surface area contributed by atoms with E-state index in [4.69, 9.17) is 4.42 Å². The molecule has 0 saturated carbocycles. The molecule has 1 saturated heterocycles. The van der Waals surface area contributed by atoms with Gasteiger partial charge in [-0.15, -0.1) is 0 Å². The van der Waals surface area contributed by atoms with Crippen LogP contribution in [-0.2, 0) is 6.42 Å². The minimum Gasteiger partial charge on any atom is -0.469 e. The smallest absolute Gasteiger partial charge is 0.104 e. The largest absolute Gasteiger partial charge is 0.469 e. The van der Waals surface area contributed by atoms with Gasteiger partial charge in [-0.25, -0.2) is 0 Å². The highest BCUT2D eigenvalue weighted by molar-refractivity contribution is 7.99. The quantitative estimate of drug-likeness (QED) is 0.826. The number of rotatable bonds is 4. The van der Waals surface area contributed by atoms with E-state index >= 15 is 0 Å². The Balaban J connectivity index is 1.90. The van der Waals surface area contributed by atoms with E-state index in [2.05, 4.69) is 18.3 Å². The Labute approximate surface area is 89.4 Å². The van der Waals surface area contributed by atoms with E-state index in [9.17, 15) is 0 Å². The second-order valence-corrected chi connectivity index (χ2v) is 4.82. The van der Waals surface area contributed by atoms with Crippen molar-refractivity contribution >= 4 is 11.8 Å². The van der Waals surface area contributed by atoms with E-state index in [1.165, 1.54) is 11.5 Å². The van der Waals surface area contributed by atoms with Crippen LogP contribution in [0.5, 0.6) is 0 Å². The van der Waals surface area contributed by atoms with Crippen LogP contribution in [0.4, 0.5) is 0 Å². The summed E-state index contributed by atoms with van der Waals surface area (Å²) in [5, 5.41) is 3.54. The molecule has 0 spiro atoms. The van der Waals surface area contributed by atoms with Crippen molar-refractivity contribution in [2.24, 2.45) is 5.92 Å². The first kappa shape index (κ1) is 10.1. The van der Waals surface area contributed by atoms with Gasteiger partial charge in [-0.2, -0.15) is 11.8 Å². The van der Waals surface area contributed by atoms with Gasteiger partial charge in [-0.05, 0) is 30.3 Å². The van der Waals surface area contributed by atoms with E-state index in [0.29, 0.717) is 6.04 Å². The van der Waals surface area contributed by atoms with Crippen LogP contribution in [0.3, 0.4) is 0 Å². The van der Waals surface area contributed by atoms with Crippen molar-refractivity contribution in [3.8, 4) is 0 Å². The lowest BCUT2D eigenvalue weighted by atomic mass is 9.98. The SMILES string of the molecule is CCNC1CSCC1Cc1ccco1. The Kier molecular flexibility index (Phi) is 3.54. The number of furan rings is 1. The van der Waals surface area contributed by atoms with E-state index in [0.717, 1.165) is 24.6 Å². The van der Waals surface area contributed by atoms with Crippen LogP contribution >= 0.6 is 11.8 Å². The van der Waals surface area contributed by atoms with Crippen molar-refractivity contribution in [3.05, 3.63) is 24.2 Å². The molecule has 0 aromatic carbocycles. The summed E-state index contributed by atoms with van der Waals surface area (Å²) in [6.45, 7) is 3.24. The summed E-state index contributed by atoms with van der Waals surface area (Å²) in [6.07, 6.45) is 2.84. The fraction of sp³-hybridized carbons (Fsp3) is 0.636. The van der Waals surface area contributed by atoms with Crippen molar-refractivity contribution in [1.29, 1.82) is 0 Å². The summed E-state index contributed by atoms with van der Waals surface area (Å²) < 4.78 is 5.38. The lowest BCUT2D eigenvalue weighted by Gasteiger charge is -2.18. The normalized spacial score (nSPS) is 26.9. The summed E-state index contributed by atoms with van der Waals surface area (Å²) in [7, 11) is 0. The van der Waals surface area contributed by atoms with Crippen LogP contribution in [0.25, 0.3) is 0 Å². The predicted molar refractivity (Wildman–Crippen MR) is 60.7 cm³/mol. The van der Waals surface area contributed by atoms with Gasteiger partial charge in [0.15, 0.2) is 0 Å². The average molecular weight is 211 g/mol. The Hall–Kier alpha value is -0.410. The molecule has 1 aliphatic heterocycles. The van der Waals surface area contributed by atoms with Crippen LogP contribution < -0.4 is 5.32 Å². The Morgan fingerprint density at radius 3 is 3.21 bits per heavy atom. The second kappa shape index (κ2) is 4.89. The van der Waals surface area contributed by atoms with E-state index < -0.39 is 0 Å². The van der Waals surface area contributed by atoms with Crippen LogP contribution in [0.2, 0.25) is 0 Å². The third kappa shape index (κ3) is 2.34. The molecule has 2 nitrogen and oxygen atoms in total. The maximum atomic E-state index is 5.38. The van der Waals surface area contributed by atoms with E-state index in [1.807, 2.05) is 17.8 Å². The summed E-state index contributed by atoms with van der Waals surface area (Å²) >= 11 is 2.05. The molecule has 1 aromatic heterocycles. The third-order valence-corrected chi connectivity index (χ3v) is 3.97. The van der Waals surface area contributed by atoms with Crippen LogP contribution in [0, 0.1) is 5.92 Å². The first-order valence-electron chi connectivity index (χ1n) is 5.23. The average Bonchev–Trinajstić information content (AvgIpc) is 2.80. The fourth-order valence-electron chi connectivity index (χ4n) is 1.97. The third-order valence-electron chi connectivity index (χ3n) is 2.71. The van der Waals surface area contributed by atoms with Crippen LogP contribution in [0.15, 0.2) is 22.8 Å². The molecule has 1 aliphatic rings. The van der Waals surface area contributed by atoms with Gasteiger partial charge in [-0.1, -0.05) is 6.92 Å². The lowest BCUT2D eigenvalue weighted by Crippen LogP contribution is -2.36. The molecular weight excluding hydrogens is 194 g/mol. The molecule has 0 bridgehead atoms. The zero-order valence-corrected chi connectivity index (χ0v) is 9.35. The number of thioether (sulfide) groups is 1. The first-order chi connectivity index (χ1) is 6.90. The Bertz CT molecular complexity index is 260. The molecule has 78 valence electrons. The highest BCUT2D eigenvalue weighted by Crippen LogP contribution is 2.27. The van der Waals surface area contributed by atoms with Crippen molar-refractivity contribution in [2.75, 3.05) is 18.1 Å². The number of hydrogen-bond acceptors (Lipinski definition) is 3. The van der Waals surface area contributed by atoms with Gasteiger partial charge in [0.05, 0.1) is 6.26 Å². The second-order valence-electron chi connectivity index (χ2n) is 3.75. The van der Waals surface area contributed by atoms with Crippen LogP contribution in [-0.4, -0.2) is 24.1 Å². The summed E-state index contributed by atoms with van der Waals surface area (Å²) in [6, 6.07) is 4.72. The molecule has 2 heterocycles. The van der Waals surface area contributed by atoms with Gasteiger partial charge in [0.1, 0.15) is 5.76 Å².